The molecular formula is C10H18N6O2. The Morgan fingerprint density at radius 2 is 2.11 bits per heavy atom. The van der Waals surface area contributed by atoms with Gasteiger partial charge in [0.25, 0.3) is 0 Å². The summed E-state index contributed by atoms with van der Waals surface area (Å²) in [5, 5.41) is 2.82. The van der Waals surface area contributed by atoms with Crippen molar-refractivity contribution in [3.05, 3.63) is 0 Å². The normalized spacial score (nSPS) is 11.8. The zero-order chi connectivity index (χ0) is 13.7. The first-order valence-electron chi connectivity index (χ1n) is 5.56. The zero-order valence-corrected chi connectivity index (χ0v) is 11.0. The Labute approximate surface area is 106 Å². The lowest BCUT2D eigenvalue weighted by Crippen LogP contribution is -2.29. The maximum Gasteiger partial charge on any atom is 0.328 e. The Kier molecular flexibility index (Phi) is 4.64. The predicted molar refractivity (Wildman–Crippen MR) is 68.3 cm³/mol. The van der Waals surface area contributed by atoms with Gasteiger partial charge in [0.1, 0.15) is 6.04 Å². The van der Waals surface area contributed by atoms with E-state index in [0.29, 0.717) is 12.6 Å². The van der Waals surface area contributed by atoms with Crippen LogP contribution in [-0.2, 0) is 9.53 Å². The second kappa shape index (κ2) is 5.99. The number of ether oxygens (including phenoxy) is 1. The van der Waals surface area contributed by atoms with E-state index in [1.54, 1.807) is 32.8 Å². The Hall–Kier alpha value is -2.12. The number of anilines is 3. The van der Waals surface area contributed by atoms with Crippen LogP contribution >= 0.6 is 0 Å². The van der Waals surface area contributed by atoms with Crippen LogP contribution < -0.4 is 16.0 Å². The van der Waals surface area contributed by atoms with Crippen molar-refractivity contribution in [3.8, 4) is 0 Å². The minimum Gasteiger partial charge on any atom is -0.464 e. The zero-order valence-electron chi connectivity index (χ0n) is 11.0. The maximum atomic E-state index is 11.5. The van der Waals surface area contributed by atoms with Crippen molar-refractivity contribution in [2.24, 2.45) is 0 Å². The molecule has 0 bridgehead atoms. The standard InChI is InChI=1S/C10H18N6O2/c1-5-18-7(17)6(2)12-9-13-8(11)14-10(15-9)16(3)4/h6H,5H2,1-4H3,(H3,11,12,13,14,15). The first-order valence-corrected chi connectivity index (χ1v) is 5.56. The van der Waals surface area contributed by atoms with Crippen molar-refractivity contribution < 1.29 is 9.53 Å². The van der Waals surface area contributed by atoms with Gasteiger partial charge in [0.15, 0.2) is 0 Å². The van der Waals surface area contributed by atoms with E-state index in [2.05, 4.69) is 20.3 Å². The second-order valence-electron chi connectivity index (χ2n) is 3.83. The highest BCUT2D eigenvalue weighted by molar-refractivity contribution is 5.78. The fourth-order valence-corrected chi connectivity index (χ4v) is 1.17. The molecule has 1 atom stereocenters. The monoisotopic (exact) mass is 254 g/mol. The van der Waals surface area contributed by atoms with Gasteiger partial charge in [-0.15, -0.1) is 0 Å². The third-order valence-electron chi connectivity index (χ3n) is 2.03. The summed E-state index contributed by atoms with van der Waals surface area (Å²) >= 11 is 0. The van der Waals surface area contributed by atoms with Crippen LogP contribution in [0.5, 0.6) is 0 Å². The number of nitrogens with one attached hydrogen (secondary N) is 1. The number of hydrogen-bond donors (Lipinski definition) is 2. The molecule has 8 nitrogen and oxygen atoms in total. The van der Waals surface area contributed by atoms with Gasteiger partial charge in [0, 0.05) is 14.1 Å². The molecule has 0 aliphatic heterocycles. The van der Waals surface area contributed by atoms with Crippen LogP contribution in [0.2, 0.25) is 0 Å². The van der Waals surface area contributed by atoms with Gasteiger partial charge in [-0.25, -0.2) is 4.79 Å². The largest absolute Gasteiger partial charge is 0.464 e. The van der Waals surface area contributed by atoms with Crippen LogP contribution in [0.25, 0.3) is 0 Å². The first kappa shape index (κ1) is 13.9. The summed E-state index contributed by atoms with van der Waals surface area (Å²) in [5.41, 5.74) is 5.56. The molecule has 8 heteroatoms. The smallest absolute Gasteiger partial charge is 0.328 e. The van der Waals surface area contributed by atoms with Crippen LogP contribution in [0.4, 0.5) is 17.8 Å². The predicted octanol–water partition coefficient (Wildman–Crippen LogP) is -0.117. The molecule has 0 amide bonds. The Balaban J connectivity index is 2.81. The minimum absolute atomic E-state index is 0.0901. The Morgan fingerprint density at radius 1 is 1.44 bits per heavy atom. The van der Waals surface area contributed by atoms with Crippen molar-refractivity contribution in [2.75, 3.05) is 36.7 Å². The highest BCUT2D eigenvalue weighted by Crippen LogP contribution is 2.10. The number of nitrogens with zero attached hydrogens (tertiary/aromatic N) is 4. The number of nitrogens with two attached hydrogens (primary N) is 1. The molecule has 100 valence electrons. The van der Waals surface area contributed by atoms with E-state index < -0.39 is 6.04 Å². The molecule has 3 N–H and O–H groups in total. The molecular weight excluding hydrogens is 236 g/mol. The van der Waals surface area contributed by atoms with Gasteiger partial charge in [-0.1, -0.05) is 0 Å². The summed E-state index contributed by atoms with van der Waals surface area (Å²) in [6.45, 7) is 3.73. The molecule has 0 aromatic carbocycles. The first-order chi connectivity index (χ1) is 8.43. The van der Waals surface area contributed by atoms with Gasteiger partial charge >= 0.3 is 5.97 Å². The Morgan fingerprint density at radius 3 is 2.67 bits per heavy atom. The molecule has 0 saturated heterocycles. The van der Waals surface area contributed by atoms with Crippen LogP contribution in [0.3, 0.4) is 0 Å². The number of carbonyl (C=O) groups excluding carboxylic acids is 1. The molecule has 0 spiro atoms. The van der Waals surface area contributed by atoms with Gasteiger partial charge in [-0.3, -0.25) is 0 Å². The van der Waals surface area contributed by atoms with Gasteiger partial charge in [0.05, 0.1) is 6.61 Å². The molecule has 0 radical (unpaired) electrons. The fourth-order valence-electron chi connectivity index (χ4n) is 1.17. The van der Waals surface area contributed by atoms with E-state index >= 15 is 0 Å². The molecule has 1 unspecified atom stereocenters. The van der Waals surface area contributed by atoms with E-state index in [1.807, 2.05) is 0 Å². The number of carbonyl (C=O) groups is 1. The van der Waals surface area contributed by atoms with Crippen LogP contribution in [0.1, 0.15) is 13.8 Å². The molecule has 0 aliphatic carbocycles. The third-order valence-corrected chi connectivity index (χ3v) is 2.03. The number of aromatic nitrogens is 3. The summed E-state index contributed by atoms with van der Waals surface area (Å²) in [5.74, 6) is 0.378. The lowest BCUT2D eigenvalue weighted by molar-refractivity contribution is -0.143. The van der Waals surface area contributed by atoms with Crippen molar-refractivity contribution in [1.29, 1.82) is 0 Å². The summed E-state index contributed by atoms with van der Waals surface area (Å²) in [6.07, 6.45) is 0. The van der Waals surface area contributed by atoms with E-state index in [4.69, 9.17) is 10.5 Å². The lowest BCUT2D eigenvalue weighted by atomic mass is 10.3. The van der Waals surface area contributed by atoms with E-state index in [1.165, 1.54) is 0 Å². The highest BCUT2D eigenvalue weighted by atomic mass is 16.5. The quantitative estimate of drug-likeness (QED) is 0.701. The van der Waals surface area contributed by atoms with Crippen LogP contribution in [0, 0.1) is 0 Å². The van der Waals surface area contributed by atoms with Gasteiger partial charge in [0.2, 0.25) is 17.8 Å². The molecule has 1 aromatic rings. The van der Waals surface area contributed by atoms with E-state index in [-0.39, 0.29) is 17.9 Å². The summed E-state index contributed by atoms with van der Waals surface area (Å²) in [4.78, 5) is 25.1. The highest BCUT2D eigenvalue weighted by Gasteiger charge is 2.16. The van der Waals surface area contributed by atoms with Crippen molar-refractivity contribution in [3.63, 3.8) is 0 Å². The number of hydrogen-bond acceptors (Lipinski definition) is 8. The average Bonchev–Trinajstić information content (AvgIpc) is 2.28. The van der Waals surface area contributed by atoms with Crippen molar-refractivity contribution in [2.45, 2.75) is 19.9 Å². The average molecular weight is 254 g/mol. The molecule has 1 rings (SSSR count). The minimum atomic E-state index is -0.554. The second-order valence-corrected chi connectivity index (χ2v) is 3.83. The van der Waals surface area contributed by atoms with E-state index in [9.17, 15) is 4.79 Å². The molecule has 0 fully saturated rings. The number of nitrogen functional groups attached to an aromatic ring is 1. The van der Waals surface area contributed by atoms with Crippen molar-refractivity contribution in [1.82, 2.24) is 15.0 Å². The topological polar surface area (TPSA) is 106 Å². The molecule has 0 aliphatic rings. The maximum absolute atomic E-state index is 11.5. The Bertz CT molecular complexity index is 423. The fraction of sp³-hybridized carbons (Fsp3) is 0.600. The SMILES string of the molecule is CCOC(=O)C(C)Nc1nc(N)nc(N(C)C)n1. The summed E-state index contributed by atoms with van der Waals surface area (Å²) in [7, 11) is 3.57. The van der Waals surface area contributed by atoms with Gasteiger partial charge < -0.3 is 20.7 Å². The van der Waals surface area contributed by atoms with Crippen LogP contribution in [0.15, 0.2) is 0 Å². The molecule has 0 saturated carbocycles. The summed E-state index contributed by atoms with van der Waals surface area (Å²) in [6, 6.07) is -0.554. The number of rotatable bonds is 5. The lowest BCUT2D eigenvalue weighted by Gasteiger charge is -2.15. The van der Waals surface area contributed by atoms with E-state index in [0.717, 1.165) is 0 Å². The summed E-state index contributed by atoms with van der Waals surface area (Å²) < 4.78 is 4.87. The van der Waals surface area contributed by atoms with Crippen LogP contribution in [-0.4, -0.2) is 47.7 Å². The molecule has 1 aromatic heterocycles. The molecule has 1 heterocycles. The molecule has 18 heavy (non-hydrogen) atoms. The van der Waals surface area contributed by atoms with Gasteiger partial charge in [-0.05, 0) is 13.8 Å². The number of esters is 1. The van der Waals surface area contributed by atoms with Crippen molar-refractivity contribution >= 4 is 23.8 Å². The van der Waals surface area contributed by atoms with Gasteiger partial charge in [-0.2, -0.15) is 15.0 Å². The third kappa shape index (κ3) is 3.72.